The minimum Gasteiger partial charge on any atom is -0.454 e. The quantitative estimate of drug-likeness (QED) is 0.278. The lowest BCUT2D eigenvalue weighted by atomic mass is 9.96. The third-order valence-corrected chi connectivity index (χ3v) is 6.54. The van der Waals surface area contributed by atoms with Crippen molar-refractivity contribution < 1.29 is 8.98 Å². The zero-order chi connectivity index (χ0) is 22.5. The van der Waals surface area contributed by atoms with E-state index in [9.17, 15) is 5.26 Å². The molecule has 0 fully saturated rings. The minimum absolute atomic E-state index is 0.626. The highest BCUT2D eigenvalue weighted by Crippen LogP contribution is 2.42. The van der Waals surface area contributed by atoms with Gasteiger partial charge in [-0.05, 0) is 42.3 Å². The minimum atomic E-state index is 0.626. The van der Waals surface area contributed by atoms with E-state index in [0.717, 1.165) is 55.4 Å². The number of para-hydroxylation sites is 1. The Labute approximate surface area is 191 Å². The Morgan fingerprint density at radius 2 is 1.58 bits per heavy atom. The molecule has 0 radical (unpaired) electrons. The SMILES string of the molecule is Cc1ccc2c(oc3c(-c4ccccc4)ccc(C#N)c32)c1-c1ccc2ccccc2[n+]1C. The number of hydrogen-bond donors (Lipinski definition) is 0. The number of nitrogens with zero attached hydrogens (tertiary/aromatic N) is 2. The van der Waals surface area contributed by atoms with Crippen LogP contribution in [0.3, 0.4) is 0 Å². The van der Waals surface area contributed by atoms with Crippen LogP contribution in [0.5, 0.6) is 0 Å². The summed E-state index contributed by atoms with van der Waals surface area (Å²) in [5.74, 6) is 0. The van der Waals surface area contributed by atoms with Crippen LogP contribution in [0.25, 0.3) is 55.2 Å². The monoisotopic (exact) mass is 425 g/mol. The third kappa shape index (κ3) is 2.85. The van der Waals surface area contributed by atoms with E-state index in [4.69, 9.17) is 4.42 Å². The van der Waals surface area contributed by atoms with E-state index in [1.165, 1.54) is 5.39 Å². The topological polar surface area (TPSA) is 40.8 Å². The van der Waals surface area contributed by atoms with Crippen LogP contribution in [-0.2, 0) is 7.05 Å². The summed E-state index contributed by atoms with van der Waals surface area (Å²) < 4.78 is 8.87. The molecule has 0 bridgehead atoms. The summed E-state index contributed by atoms with van der Waals surface area (Å²) in [5.41, 5.74) is 8.68. The van der Waals surface area contributed by atoms with E-state index < -0.39 is 0 Å². The molecule has 0 atom stereocenters. The highest BCUT2D eigenvalue weighted by Gasteiger charge is 2.24. The second-order valence-corrected chi connectivity index (χ2v) is 8.42. The van der Waals surface area contributed by atoms with Gasteiger partial charge >= 0.3 is 0 Å². The van der Waals surface area contributed by atoms with Gasteiger partial charge in [0.1, 0.15) is 18.2 Å². The molecule has 0 amide bonds. The first-order valence-electron chi connectivity index (χ1n) is 11.0. The summed E-state index contributed by atoms with van der Waals surface area (Å²) in [6.07, 6.45) is 0. The van der Waals surface area contributed by atoms with Crippen molar-refractivity contribution >= 4 is 32.8 Å². The number of aryl methyl sites for hydroxylation is 2. The maximum atomic E-state index is 9.88. The van der Waals surface area contributed by atoms with Crippen molar-refractivity contribution in [3.05, 3.63) is 102 Å². The van der Waals surface area contributed by atoms with Gasteiger partial charge in [0.15, 0.2) is 0 Å². The lowest BCUT2D eigenvalue weighted by molar-refractivity contribution is -0.633. The summed E-state index contributed by atoms with van der Waals surface area (Å²) in [4.78, 5) is 0. The van der Waals surface area contributed by atoms with Crippen LogP contribution < -0.4 is 4.57 Å². The molecule has 6 aromatic rings. The normalized spacial score (nSPS) is 11.3. The first kappa shape index (κ1) is 19.3. The molecule has 0 aliphatic carbocycles. The molecule has 6 rings (SSSR count). The fourth-order valence-electron chi connectivity index (χ4n) is 4.89. The zero-order valence-corrected chi connectivity index (χ0v) is 18.5. The summed E-state index contributed by atoms with van der Waals surface area (Å²) in [6, 6.07) is 33.3. The number of nitriles is 1. The fraction of sp³-hybridized carbons (Fsp3) is 0.0667. The van der Waals surface area contributed by atoms with Crippen LogP contribution in [0.15, 0.2) is 95.4 Å². The second kappa shape index (κ2) is 7.32. The van der Waals surface area contributed by atoms with Gasteiger partial charge in [0.2, 0.25) is 11.2 Å². The van der Waals surface area contributed by atoms with Crippen molar-refractivity contribution in [2.75, 3.05) is 0 Å². The Kier molecular flexibility index (Phi) is 4.28. The molecule has 0 aliphatic heterocycles. The summed E-state index contributed by atoms with van der Waals surface area (Å²) in [5, 5.41) is 12.9. The van der Waals surface area contributed by atoms with E-state index in [0.29, 0.717) is 5.56 Å². The largest absolute Gasteiger partial charge is 0.454 e. The molecule has 0 saturated heterocycles. The van der Waals surface area contributed by atoms with Crippen LogP contribution in [-0.4, -0.2) is 0 Å². The van der Waals surface area contributed by atoms with Gasteiger partial charge in [-0.3, -0.25) is 0 Å². The van der Waals surface area contributed by atoms with Gasteiger partial charge in [-0.15, -0.1) is 0 Å². The van der Waals surface area contributed by atoms with Gasteiger partial charge in [-0.1, -0.05) is 54.6 Å². The summed E-state index contributed by atoms with van der Waals surface area (Å²) in [6.45, 7) is 2.11. The van der Waals surface area contributed by atoms with Crippen molar-refractivity contribution in [1.82, 2.24) is 0 Å². The molecule has 3 nitrogen and oxygen atoms in total. The van der Waals surface area contributed by atoms with E-state index in [1.807, 2.05) is 30.3 Å². The molecule has 33 heavy (non-hydrogen) atoms. The lowest BCUT2D eigenvalue weighted by Gasteiger charge is -2.07. The van der Waals surface area contributed by atoms with Gasteiger partial charge in [0, 0.05) is 33.9 Å². The van der Waals surface area contributed by atoms with Crippen molar-refractivity contribution in [3.8, 4) is 28.5 Å². The Bertz CT molecular complexity index is 1740. The summed E-state index contributed by atoms with van der Waals surface area (Å²) >= 11 is 0. The number of benzene rings is 4. The van der Waals surface area contributed by atoms with Gasteiger partial charge in [-0.25, -0.2) is 0 Å². The van der Waals surface area contributed by atoms with E-state index in [2.05, 4.69) is 85.3 Å². The third-order valence-electron chi connectivity index (χ3n) is 6.54. The van der Waals surface area contributed by atoms with Gasteiger partial charge in [-0.2, -0.15) is 9.83 Å². The van der Waals surface area contributed by atoms with Crippen LogP contribution in [0.2, 0.25) is 0 Å². The number of furan rings is 1. The molecule has 0 aliphatic rings. The van der Waals surface area contributed by atoms with Crippen LogP contribution in [0.1, 0.15) is 11.1 Å². The van der Waals surface area contributed by atoms with Crippen molar-refractivity contribution in [1.29, 1.82) is 5.26 Å². The number of rotatable bonds is 2. The predicted octanol–water partition coefficient (Wildman–Crippen LogP) is 7.08. The first-order valence-corrected chi connectivity index (χ1v) is 11.0. The average molecular weight is 426 g/mol. The van der Waals surface area contributed by atoms with Crippen molar-refractivity contribution in [2.45, 2.75) is 6.92 Å². The van der Waals surface area contributed by atoms with Crippen LogP contribution >= 0.6 is 0 Å². The molecule has 2 heterocycles. The average Bonchev–Trinajstić information content (AvgIpc) is 3.24. The van der Waals surface area contributed by atoms with Crippen LogP contribution in [0, 0.1) is 18.3 Å². The van der Waals surface area contributed by atoms with E-state index in [-0.39, 0.29) is 0 Å². The summed E-state index contributed by atoms with van der Waals surface area (Å²) in [7, 11) is 2.09. The number of fused-ring (bicyclic) bond motifs is 4. The van der Waals surface area contributed by atoms with E-state index in [1.54, 1.807) is 0 Å². The Morgan fingerprint density at radius 1 is 0.788 bits per heavy atom. The van der Waals surface area contributed by atoms with Crippen LogP contribution in [0.4, 0.5) is 0 Å². The molecular formula is C30H21N2O+. The standard InChI is InChI=1S/C30H21N2O/c1-19-12-15-24-28-22(18-31)13-16-23(20-8-4-3-5-9-20)29(28)33-30(24)27(19)26-17-14-21-10-6-7-11-25(21)32(26)2/h3-17H,1-2H3/q+1. The molecule has 156 valence electrons. The predicted molar refractivity (Wildman–Crippen MR) is 133 cm³/mol. The first-order chi connectivity index (χ1) is 16.2. The smallest absolute Gasteiger partial charge is 0.216 e. The Hall–Kier alpha value is -4.42. The molecule has 3 heteroatoms. The lowest BCUT2D eigenvalue weighted by Crippen LogP contribution is -2.32. The molecule has 2 aromatic heterocycles. The zero-order valence-electron chi connectivity index (χ0n) is 18.5. The van der Waals surface area contributed by atoms with Gasteiger partial charge < -0.3 is 4.42 Å². The van der Waals surface area contributed by atoms with E-state index >= 15 is 0 Å². The highest BCUT2D eigenvalue weighted by molar-refractivity contribution is 6.15. The van der Waals surface area contributed by atoms with Gasteiger partial charge in [0.05, 0.1) is 17.2 Å². The molecule has 0 saturated carbocycles. The molecular weight excluding hydrogens is 404 g/mol. The Morgan fingerprint density at radius 3 is 2.39 bits per heavy atom. The molecule has 0 spiro atoms. The number of pyridine rings is 1. The number of aromatic nitrogens is 1. The maximum Gasteiger partial charge on any atom is 0.216 e. The van der Waals surface area contributed by atoms with Crippen molar-refractivity contribution in [2.24, 2.45) is 7.05 Å². The van der Waals surface area contributed by atoms with Gasteiger partial charge in [0.25, 0.3) is 0 Å². The number of hydrogen-bond acceptors (Lipinski definition) is 2. The highest BCUT2D eigenvalue weighted by atomic mass is 16.3. The molecule has 0 unspecified atom stereocenters. The van der Waals surface area contributed by atoms with Crippen molar-refractivity contribution in [3.63, 3.8) is 0 Å². The Balaban J connectivity index is 1.75. The molecule has 4 aromatic carbocycles. The second-order valence-electron chi connectivity index (χ2n) is 8.42. The fourth-order valence-corrected chi connectivity index (χ4v) is 4.89. The maximum absolute atomic E-state index is 9.88. The molecule has 0 N–H and O–H groups in total.